The Kier molecular flexibility index (Phi) is 3.93. The van der Waals surface area contributed by atoms with E-state index in [0.29, 0.717) is 0 Å². The molecule has 2 aromatic heterocycles. The molecule has 3 aromatic rings. The van der Waals surface area contributed by atoms with Gasteiger partial charge in [-0.1, -0.05) is 45.0 Å². The number of nitriles is 1. The Morgan fingerprint density at radius 2 is 1.79 bits per heavy atom. The first-order valence-corrected chi connectivity index (χ1v) is 8.30. The van der Waals surface area contributed by atoms with E-state index in [4.69, 9.17) is 4.98 Å². The molecule has 3 heteroatoms. The van der Waals surface area contributed by atoms with Gasteiger partial charge in [-0.2, -0.15) is 5.26 Å². The second-order valence-electron chi connectivity index (χ2n) is 7.46. The number of imidazole rings is 1. The number of pyridine rings is 1. The highest BCUT2D eigenvalue weighted by Crippen LogP contribution is 2.32. The zero-order valence-electron chi connectivity index (χ0n) is 15.0. The van der Waals surface area contributed by atoms with Gasteiger partial charge in [0.05, 0.1) is 23.4 Å². The topological polar surface area (TPSA) is 41.1 Å². The van der Waals surface area contributed by atoms with Crippen LogP contribution in [0.5, 0.6) is 0 Å². The van der Waals surface area contributed by atoms with E-state index in [1.807, 2.05) is 17.5 Å². The number of nitrogens with zero attached hydrogens (tertiary/aromatic N) is 3. The van der Waals surface area contributed by atoms with Gasteiger partial charge in [0.2, 0.25) is 0 Å². The van der Waals surface area contributed by atoms with Crippen molar-refractivity contribution in [2.75, 3.05) is 0 Å². The van der Waals surface area contributed by atoms with Crippen molar-refractivity contribution in [3.05, 3.63) is 59.4 Å². The maximum Gasteiger partial charge on any atom is 0.137 e. The normalized spacial score (nSPS) is 13.0. The number of hydrogen-bond acceptors (Lipinski definition) is 2. The minimum absolute atomic E-state index is 0.122. The molecule has 0 saturated heterocycles. The van der Waals surface area contributed by atoms with Gasteiger partial charge >= 0.3 is 0 Å². The number of fused-ring (bicyclic) bond motifs is 1. The molecule has 0 saturated carbocycles. The molecule has 0 radical (unpaired) electrons. The smallest absolute Gasteiger partial charge is 0.137 e. The summed E-state index contributed by atoms with van der Waals surface area (Å²) >= 11 is 0. The van der Waals surface area contributed by atoms with Crippen molar-refractivity contribution in [3.63, 3.8) is 0 Å². The second-order valence-corrected chi connectivity index (χ2v) is 7.46. The molecule has 0 bridgehead atoms. The van der Waals surface area contributed by atoms with Crippen molar-refractivity contribution in [2.24, 2.45) is 0 Å². The van der Waals surface area contributed by atoms with Crippen molar-refractivity contribution in [2.45, 2.75) is 46.0 Å². The zero-order chi connectivity index (χ0) is 17.5. The quantitative estimate of drug-likeness (QED) is 0.649. The molecule has 3 nitrogen and oxygen atoms in total. The maximum absolute atomic E-state index is 9.45. The summed E-state index contributed by atoms with van der Waals surface area (Å²) in [7, 11) is 0. The van der Waals surface area contributed by atoms with Gasteiger partial charge in [-0.3, -0.25) is 0 Å². The first-order chi connectivity index (χ1) is 11.3. The first kappa shape index (κ1) is 16.3. The zero-order valence-corrected chi connectivity index (χ0v) is 15.0. The molecule has 0 aliphatic heterocycles. The minimum Gasteiger partial charge on any atom is -0.302 e. The molecule has 2 heterocycles. The van der Waals surface area contributed by atoms with Crippen LogP contribution in [0.25, 0.3) is 16.9 Å². The molecule has 1 unspecified atom stereocenters. The van der Waals surface area contributed by atoms with Gasteiger partial charge in [-0.05, 0) is 42.5 Å². The van der Waals surface area contributed by atoms with Crippen molar-refractivity contribution in [1.82, 2.24) is 9.38 Å². The summed E-state index contributed by atoms with van der Waals surface area (Å²) in [5.74, 6) is -0.222. The minimum atomic E-state index is -0.222. The van der Waals surface area contributed by atoms with Gasteiger partial charge in [0.25, 0.3) is 0 Å². The summed E-state index contributed by atoms with van der Waals surface area (Å²) < 4.78 is 2.04. The van der Waals surface area contributed by atoms with Crippen LogP contribution in [0.15, 0.2) is 42.6 Å². The molecule has 0 spiro atoms. The average Bonchev–Trinajstić information content (AvgIpc) is 2.91. The predicted octanol–water partition coefficient (Wildman–Crippen LogP) is 5.23. The molecule has 24 heavy (non-hydrogen) atoms. The van der Waals surface area contributed by atoms with E-state index in [1.54, 1.807) is 0 Å². The van der Waals surface area contributed by atoms with Crippen LogP contribution in [-0.4, -0.2) is 9.38 Å². The van der Waals surface area contributed by atoms with Crippen molar-refractivity contribution < 1.29 is 0 Å². The summed E-state index contributed by atoms with van der Waals surface area (Å²) in [6.45, 7) is 10.6. The van der Waals surface area contributed by atoms with Crippen LogP contribution in [-0.2, 0) is 5.41 Å². The summed E-state index contributed by atoms with van der Waals surface area (Å²) in [6.07, 6.45) is 2.01. The van der Waals surface area contributed by atoms with Gasteiger partial charge in [0.15, 0.2) is 0 Å². The van der Waals surface area contributed by atoms with Crippen LogP contribution in [0.4, 0.5) is 0 Å². The Morgan fingerprint density at radius 1 is 1.12 bits per heavy atom. The number of benzene rings is 1. The largest absolute Gasteiger partial charge is 0.302 e. The van der Waals surface area contributed by atoms with E-state index in [-0.39, 0.29) is 11.3 Å². The van der Waals surface area contributed by atoms with E-state index in [1.165, 1.54) is 11.1 Å². The summed E-state index contributed by atoms with van der Waals surface area (Å²) in [5, 5.41) is 9.45. The lowest BCUT2D eigenvalue weighted by Gasteiger charge is -2.19. The Bertz CT molecular complexity index is 919. The maximum atomic E-state index is 9.45. The van der Waals surface area contributed by atoms with Crippen molar-refractivity contribution >= 4 is 5.65 Å². The third kappa shape index (κ3) is 2.80. The fourth-order valence-electron chi connectivity index (χ4n) is 2.98. The first-order valence-electron chi connectivity index (χ1n) is 8.30. The third-order valence-corrected chi connectivity index (χ3v) is 4.45. The van der Waals surface area contributed by atoms with Gasteiger partial charge in [0, 0.05) is 11.8 Å². The van der Waals surface area contributed by atoms with Crippen molar-refractivity contribution in [3.8, 4) is 17.3 Å². The highest BCUT2D eigenvalue weighted by Gasteiger charge is 2.20. The molecular weight excluding hydrogens is 294 g/mol. The van der Waals surface area contributed by atoms with Crippen LogP contribution < -0.4 is 0 Å². The van der Waals surface area contributed by atoms with Crippen LogP contribution >= 0.6 is 0 Å². The number of rotatable bonds is 2. The molecule has 0 amide bonds. The molecule has 1 atom stereocenters. The summed E-state index contributed by atoms with van der Waals surface area (Å²) in [4.78, 5) is 4.82. The Hall–Kier alpha value is -2.60. The Balaban J connectivity index is 2.20. The summed E-state index contributed by atoms with van der Waals surface area (Å²) in [6, 6.07) is 15.0. The van der Waals surface area contributed by atoms with Crippen LogP contribution in [0.3, 0.4) is 0 Å². The fourth-order valence-corrected chi connectivity index (χ4v) is 2.98. The second kappa shape index (κ2) is 5.79. The van der Waals surface area contributed by atoms with E-state index in [2.05, 4.69) is 70.2 Å². The highest BCUT2D eigenvalue weighted by molar-refractivity contribution is 5.68. The van der Waals surface area contributed by atoms with Crippen LogP contribution in [0.2, 0.25) is 0 Å². The molecule has 1 aromatic carbocycles. The van der Waals surface area contributed by atoms with E-state index in [9.17, 15) is 5.26 Å². The Labute approximate surface area is 143 Å². The van der Waals surface area contributed by atoms with Crippen LogP contribution in [0, 0.1) is 18.3 Å². The van der Waals surface area contributed by atoms with Gasteiger partial charge in [-0.25, -0.2) is 4.98 Å². The van der Waals surface area contributed by atoms with Crippen molar-refractivity contribution in [1.29, 1.82) is 5.26 Å². The molecule has 0 aliphatic carbocycles. The molecule has 0 N–H and O–H groups in total. The molecule has 0 fully saturated rings. The lowest BCUT2D eigenvalue weighted by Crippen LogP contribution is -2.10. The standard InChI is InChI=1S/C21H23N3/c1-14-10-11-24-18(12-14)23-19(20(24)15(2)13-22)16-6-8-17(9-7-16)21(3,4)5/h6-12,15H,1-5H3. The molecule has 0 aliphatic rings. The van der Waals surface area contributed by atoms with E-state index < -0.39 is 0 Å². The van der Waals surface area contributed by atoms with E-state index >= 15 is 0 Å². The fraction of sp³-hybridized carbons (Fsp3) is 0.333. The average molecular weight is 317 g/mol. The predicted molar refractivity (Wildman–Crippen MR) is 98.1 cm³/mol. The monoisotopic (exact) mass is 317 g/mol. The molecule has 3 rings (SSSR count). The number of aryl methyl sites for hydroxylation is 1. The van der Waals surface area contributed by atoms with Gasteiger partial charge in [0.1, 0.15) is 5.65 Å². The number of aromatic nitrogens is 2. The SMILES string of the molecule is Cc1ccn2c(C(C)C#N)c(-c3ccc(C(C)(C)C)cc3)nc2c1. The lowest BCUT2D eigenvalue weighted by atomic mass is 9.86. The van der Waals surface area contributed by atoms with Gasteiger partial charge in [-0.15, -0.1) is 0 Å². The lowest BCUT2D eigenvalue weighted by molar-refractivity contribution is 0.590. The molecular formula is C21H23N3. The summed E-state index contributed by atoms with van der Waals surface area (Å²) in [5.41, 5.74) is 6.38. The van der Waals surface area contributed by atoms with E-state index in [0.717, 1.165) is 22.6 Å². The highest BCUT2D eigenvalue weighted by atomic mass is 15.0. The Morgan fingerprint density at radius 3 is 2.38 bits per heavy atom. The molecule has 122 valence electrons. The third-order valence-electron chi connectivity index (χ3n) is 4.45. The van der Waals surface area contributed by atoms with Gasteiger partial charge < -0.3 is 4.40 Å². The van der Waals surface area contributed by atoms with Crippen LogP contribution in [0.1, 0.15) is 50.4 Å². The number of hydrogen-bond donors (Lipinski definition) is 0.